The van der Waals surface area contributed by atoms with Crippen molar-refractivity contribution in [2.24, 2.45) is 0 Å². The lowest BCUT2D eigenvalue weighted by Crippen LogP contribution is -2.24. The molecule has 1 N–H and O–H groups in total. The molecule has 0 amide bonds. The van der Waals surface area contributed by atoms with Crippen molar-refractivity contribution < 1.29 is 0 Å². The summed E-state index contributed by atoms with van der Waals surface area (Å²) in [4.78, 5) is 2.27. The maximum atomic E-state index is 4.12. The zero-order valence-corrected chi connectivity index (χ0v) is 14.3. The highest BCUT2D eigenvalue weighted by atomic mass is 32.2. The molecule has 1 heterocycles. The highest BCUT2D eigenvalue weighted by Crippen LogP contribution is 2.27. The van der Waals surface area contributed by atoms with Crippen LogP contribution < -0.4 is 9.62 Å². The monoisotopic (exact) mass is 322 g/mol. The molecule has 2 aromatic carbocycles. The van der Waals surface area contributed by atoms with Crippen LogP contribution in [0.2, 0.25) is 0 Å². The molecular formula is C20H22N2S. The predicted molar refractivity (Wildman–Crippen MR) is 102 cm³/mol. The Kier molecular flexibility index (Phi) is 5.21. The molecule has 2 aromatic rings. The SMILES string of the molecule is C=C1C=CCCN1c1ccc(-c2cccc(CNSC)c2)cc1. The van der Waals surface area contributed by atoms with E-state index in [-0.39, 0.29) is 0 Å². The van der Waals surface area contributed by atoms with Gasteiger partial charge in [-0.25, -0.2) is 0 Å². The van der Waals surface area contributed by atoms with Crippen LogP contribution in [0.1, 0.15) is 12.0 Å². The molecule has 118 valence electrons. The molecule has 0 aliphatic carbocycles. The fourth-order valence-electron chi connectivity index (χ4n) is 2.80. The summed E-state index contributed by atoms with van der Waals surface area (Å²) < 4.78 is 3.29. The minimum absolute atomic E-state index is 0.882. The van der Waals surface area contributed by atoms with E-state index in [0.717, 1.165) is 25.2 Å². The number of rotatable bonds is 5. The molecule has 0 spiro atoms. The summed E-state index contributed by atoms with van der Waals surface area (Å²) in [6, 6.07) is 17.5. The summed E-state index contributed by atoms with van der Waals surface area (Å²) >= 11 is 1.65. The largest absolute Gasteiger partial charge is 0.342 e. The average molecular weight is 322 g/mol. The Morgan fingerprint density at radius 2 is 1.96 bits per heavy atom. The van der Waals surface area contributed by atoms with E-state index in [1.165, 1.54) is 22.4 Å². The molecule has 3 heteroatoms. The summed E-state index contributed by atoms with van der Waals surface area (Å²) in [5.74, 6) is 0. The van der Waals surface area contributed by atoms with Gasteiger partial charge in [0.1, 0.15) is 0 Å². The third-order valence-electron chi connectivity index (χ3n) is 4.04. The van der Waals surface area contributed by atoms with Crippen molar-refractivity contribution in [1.82, 2.24) is 4.72 Å². The Labute approximate surface area is 143 Å². The lowest BCUT2D eigenvalue weighted by Gasteiger charge is -2.27. The van der Waals surface area contributed by atoms with Gasteiger partial charge in [0.25, 0.3) is 0 Å². The van der Waals surface area contributed by atoms with E-state index in [1.54, 1.807) is 11.9 Å². The second kappa shape index (κ2) is 7.53. The van der Waals surface area contributed by atoms with Crippen LogP contribution in [0.4, 0.5) is 5.69 Å². The first-order valence-corrected chi connectivity index (χ1v) is 9.08. The molecule has 2 nitrogen and oxygen atoms in total. The molecule has 23 heavy (non-hydrogen) atoms. The Hall–Kier alpha value is -1.97. The first-order valence-electron chi connectivity index (χ1n) is 7.86. The topological polar surface area (TPSA) is 15.3 Å². The molecule has 1 aliphatic heterocycles. The third-order valence-corrected chi connectivity index (χ3v) is 4.47. The second-order valence-corrected chi connectivity index (χ2v) is 6.30. The van der Waals surface area contributed by atoms with E-state index in [1.807, 2.05) is 6.26 Å². The zero-order chi connectivity index (χ0) is 16.1. The Morgan fingerprint density at radius 3 is 2.70 bits per heavy atom. The van der Waals surface area contributed by atoms with Crippen LogP contribution in [0.3, 0.4) is 0 Å². The number of nitrogens with one attached hydrogen (secondary N) is 1. The summed E-state index contributed by atoms with van der Waals surface area (Å²) in [6.07, 6.45) is 7.40. The van der Waals surface area contributed by atoms with Gasteiger partial charge in [0, 0.05) is 24.5 Å². The molecule has 0 unspecified atom stereocenters. The maximum absolute atomic E-state index is 4.12. The highest BCUT2D eigenvalue weighted by Gasteiger charge is 2.11. The van der Waals surface area contributed by atoms with Crippen molar-refractivity contribution in [1.29, 1.82) is 0 Å². The lowest BCUT2D eigenvalue weighted by molar-refractivity contribution is 0.884. The quantitative estimate of drug-likeness (QED) is 0.780. The molecule has 0 bridgehead atoms. The Morgan fingerprint density at radius 1 is 1.13 bits per heavy atom. The normalized spacial score (nSPS) is 14.3. The van der Waals surface area contributed by atoms with Crippen molar-refractivity contribution >= 4 is 17.6 Å². The summed E-state index contributed by atoms with van der Waals surface area (Å²) in [5.41, 5.74) is 6.08. The van der Waals surface area contributed by atoms with Gasteiger partial charge in [-0.05, 0) is 53.6 Å². The first-order chi connectivity index (χ1) is 11.3. The molecular weight excluding hydrogens is 300 g/mol. The maximum Gasteiger partial charge on any atom is 0.0411 e. The minimum Gasteiger partial charge on any atom is -0.342 e. The van der Waals surface area contributed by atoms with Gasteiger partial charge in [-0.2, -0.15) is 0 Å². The minimum atomic E-state index is 0.882. The number of hydrogen-bond donors (Lipinski definition) is 1. The molecule has 1 aliphatic rings. The molecule has 0 saturated heterocycles. The zero-order valence-electron chi connectivity index (χ0n) is 13.5. The van der Waals surface area contributed by atoms with Gasteiger partial charge in [0.15, 0.2) is 0 Å². The van der Waals surface area contributed by atoms with Crippen molar-refractivity contribution in [3.8, 4) is 11.1 Å². The number of hydrogen-bond acceptors (Lipinski definition) is 3. The fraction of sp³-hybridized carbons (Fsp3) is 0.200. The van der Waals surface area contributed by atoms with Crippen LogP contribution in [0, 0.1) is 0 Å². The molecule has 0 radical (unpaired) electrons. The highest BCUT2D eigenvalue weighted by molar-refractivity contribution is 7.96. The number of nitrogens with zero attached hydrogens (tertiary/aromatic N) is 1. The standard InChI is InChI=1S/C20H22N2S/c1-16-6-3-4-13-22(16)20-11-9-18(10-12-20)19-8-5-7-17(14-19)15-21-23-2/h3,5-12,14,21H,1,4,13,15H2,2H3. The third kappa shape index (κ3) is 3.87. The predicted octanol–water partition coefficient (Wildman–Crippen LogP) is 5.00. The van der Waals surface area contributed by atoms with Gasteiger partial charge in [0.05, 0.1) is 0 Å². The molecule has 0 fully saturated rings. The van der Waals surface area contributed by atoms with Gasteiger partial charge < -0.3 is 4.90 Å². The molecule has 0 atom stereocenters. The van der Waals surface area contributed by atoms with Crippen molar-refractivity contribution in [2.75, 3.05) is 17.7 Å². The smallest absolute Gasteiger partial charge is 0.0411 e. The molecule has 3 rings (SSSR count). The van der Waals surface area contributed by atoms with Crippen LogP contribution in [0.5, 0.6) is 0 Å². The van der Waals surface area contributed by atoms with Crippen LogP contribution >= 0.6 is 11.9 Å². The van der Waals surface area contributed by atoms with E-state index >= 15 is 0 Å². The average Bonchev–Trinajstić information content (AvgIpc) is 2.61. The van der Waals surface area contributed by atoms with Gasteiger partial charge in [-0.3, -0.25) is 4.72 Å². The van der Waals surface area contributed by atoms with E-state index < -0.39 is 0 Å². The van der Waals surface area contributed by atoms with Crippen molar-refractivity contribution in [3.63, 3.8) is 0 Å². The van der Waals surface area contributed by atoms with Gasteiger partial charge in [-0.1, -0.05) is 54.9 Å². The van der Waals surface area contributed by atoms with Crippen LogP contribution in [0.25, 0.3) is 11.1 Å². The second-order valence-electron chi connectivity index (χ2n) is 5.61. The summed E-state index contributed by atoms with van der Waals surface area (Å²) in [6.45, 7) is 6.01. The summed E-state index contributed by atoms with van der Waals surface area (Å²) in [7, 11) is 0. The molecule has 0 aromatic heterocycles. The Bertz CT molecular complexity index is 704. The van der Waals surface area contributed by atoms with Crippen molar-refractivity contribution in [3.05, 3.63) is 78.5 Å². The fourth-order valence-corrected chi connectivity index (χ4v) is 3.11. The van der Waals surface area contributed by atoms with E-state index in [4.69, 9.17) is 0 Å². The van der Waals surface area contributed by atoms with Crippen LogP contribution in [0.15, 0.2) is 73.0 Å². The van der Waals surface area contributed by atoms with Crippen LogP contribution in [-0.4, -0.2) is 12.8 Å². The van der Waals surface area contributed by atoms with E-state index in [2.05, 4.69) is 76.9 Å². The van der Waals surface area contributed by atoms with E-state index in [9.17, 15) is 0 Å². The van der Waals surface area contributed by atoms with Crippen LogP contribution in [-0.2, 0) is 6.54 Å². The van der Waals surface area contributed by atoms with Crippen molar-refractivity contribution in [2.45, 2.75) is 13.0 Å². The summed E-state index contributed by atoms with van der Waals surface area (Å²) in [5, 5.41) is 0. The lowest BCUT2D eigenvalue weighted by atomic mass is 10.0. The van der Waals surface area contributed by atoms with Gasteiger partial charge in [0.2, 0.25) is 0 Å². The van der Waals surface area contributed by atoms with Gasteiger partial charge >= 0.3 is 0 Å². The number of allylic oxidation sites excluding steroid dienone is 1. The molecule has 0 saturated carbocycles. The Balaban J connectivity index is 1.79. The van der Waals surface area contributed by atoms with E-state index in [0.29, 0.717) is 0 Å². The number of benzene rings is 2. The first kappa shape index (κ1) is 15.9. The van der Waals surface area contributed by atoms with Gasteiger partial charge in [-0.15, -0.1) is 0 Å². The number of anilines is 1.